The Balaban J connectivity index is 2.28. The monoisotopic (exact) mass is 262 g/mol. The predicted molar refractivity (Wildman–Crippen MR) is 81.3 cm³/mol. The lowest BCUT2D eigenvalue weighted by atomic mass is 9.90. The topological polar surface area (TPSA) is 24.5 Å². The Kier molecular flexibility index (Phi) is 4.35. The highest BCUT2D eigenvalue weighted by Crippen LogP contribution is 2.32. The summed E-state index contributed by atoms with van der Waals surface area (Å²) in [5, 5.41) is 3.70. The molecule has 1 aromatic carbocycles. The summed E-state index contributed by atoms with van der Waals surface area (Å²) in [6.45, 7) is 9.82. The molecule has 106 valence electrons. The lowest BCUT2D eigenvalue weighted by molar-refractivity contribution is 0.276. The third kappa shape index (κ3) is 2.86. The van der Waals surface area contributed by atoms with Crippen LogP contribution >= 0.6 is 0 Å². The molecule has 1 fully saturated rings. The molecule has 0 aliphatic carbocycles. The number of aryl methyl sites for hydroxylation is 1. The van der Waals surface area contributed by atoms with Gasteiger partial charge in [-0.05, 0) is 37.5 Å². The second-order valence-electron chi connectivity index (χ2n) is 5.51. The Bertz CT molecular complexity index is 427. The zero-order valence-electron chi connectivity index (χ0n) is 12.6. The van der Waals surface area contributed by atoms with Crippen LogP contribution in [0.4, 0.5) is 5.69 Å². The van der Waals surface area contributed by atoms with Crippen molar-refractivity contribution < 1.29 is 4.74 Å². The van der Waals surface area contributed by atoms with Gasteiger partial charge in [0.15, 0.2) is 0 Å². The maximum Gasteiger partial charge on any atom is 0.142 e. The van der Waals surface area contributed by atoms with E-state index in [0.717, 1.165) is 38.2 Å². The van der Waals surface area contributed by atoms with E-state index in [0.29, 0.717) is 0 Å². The van der Waals surface area contributed by atoms with E-state index < -0.39 is 0 Å². The van der Waals surface area contributed by atoms with Crippen LogP contribution in [0.25, 0.3) is 0 Å². The van der Waals surface area contributed by atoms with E-state index in [1.807, 2.05) is 0 Å². The molecule has 1 N–H and O–H groups in total. The largest absolute Gasteiger partial charge is 0.495 e. The first kappa shape index (κ1) is 14.2. The molecule has 19 heavy (non-hydrogen) atoms. The normalized spacial score (nSPS) is 18.4. The van der Waals surface area contributed by atoms with E-state index in [2.05, 4.69) is 49.2 Å². The number of ether oxygens (including phenoxy) is 1. The first-order valence-corrected chi connectivity index (χ1v) is 7.28. The van der Waals surface area contributed by atoms with E-state index in [4.69, 9.17) is 4.74 Å². The minimum atomic E-state index is 0.243. The highest BCUT2D eigenvalue weighted by molar-refractivity contribution is 5.60. The van der Waals surface area contributed by atoms with Crippen LogP contribution in [0.5, 0.6) is 5.75 Å². The lowest BCUT2D eigenvalue weighted by Crippen LogP contribution is -2.60. The minimum absolute atomic E-state index is 0.243. The van der Waals surface area contributed by atoms with E-state index in [9.17, 15) is 0 Å². The Morgan fingerprint density at radius 2 is 2.05 bits per heavy atom. The van der Waals surface area contributed by atoms with Crippen LogP contribution in [0.15, 0.2) is 18.2 Å². The van der Waals surface area contributed by atoms with Gasteiger partial charge >= 0.3 is 0 Å². The predicted octanol–water partition coefficient (Wildman–Crippen LogP) is 2.97. The SMILES string of the molecule is CCC1(CC)CN(c2cc(C)ccc2OC)CCN1. The molecule has 1 aliphatic heterocycles. The molecule has 1 aromatic rings. The number of benzene rings is 1. The summed E-state index contributed by atoms with van der Waals surface area (Å²) in [5.41, 5.74) is 2.76. The molecule has 0 bridgehead atoms. The van der Waals surface area contributed by atoms with Gasteiger partial charge in [0, 0.05) is 25.2 Å². The lowest BCUT2D eigenvalue weighted by Gasteiger charge is -2.44. The Hall–Kier alpha value is -1.22. The molecule has 1 aliphatic rings. The molecule has 0 atom stereocenters. The summed E-state index contributed by atoms with van der Waals surface area (Å²) in [7, 11) is 1.75. The summed E-state index contributed by atoms with van der Waals surface area (Å²) in [5.74, 6) is 0.980. The molecular formula is C16H26N2O. The van der Waals surface area contributed by atoms with Crippen LogP contribution in [0.3, 0.4) is 0 Å². The molecule has 0 radical (unpaired) electrons. The Morgan fingerprint density at radius 1 is 1.32 bits per heavy atom. The first-order valence-electron chi connectivity index (χ1n) is 7.28. The fourth-order valence-electron chi connectivity index (χ4n) is 2.93. The third-order valence-electron chi connectivity index (χ3n) is 4.40. The fourth-order valence-corrected chi connectivity index (χ4v) is 2.93. The summed E-state index contributed by atoms with van der Waals surface area (Å²) in [6.07, 6.45) is 2.32. The van der Waals surface area contributed by atoms with Gasteiger partial charge in [-0.15, -0.1) is 0 Å². The smallest absolute Gasteiger partial charge is 0.142 e. The van der Waals surface area contributed by atoms with E-state index in [1.165, 1.54) is 11.3 Å². The van der Waals surface area contributed by atoms with Gasteiger partial charge in [-0.25, -0.2) is 0 Å². The van der Waals surface area contributed by atoms with E-state index >= 15 is 0 Å². The highest BCUT2D eigenvalue weighted by atomic mass is 16.5. The Morgan fingerprint density at radius 3 is 2.68 bits per heavy atom. The third-order valence-corrected chi connectivity index (χ3v) is 4.40. The summed E-state index contributed by atoms with van der Waals surface area (Å²) in [4.78, 5) is 2.47. The van der Waals surface area contributed by atoms with Crippen molar-refractivity contribution in [2.45, 2.75) is 39.2 Å². The van der Waals surface area contributed by atoms with Gasteiger partial charge in [0.2, 0.25) is 0 Å². The molecule has 1 heterocycles. The highest BCUT2D eigenvalue weighted by Gasteiger charge is 2.32. The summed E-state index contributed by atoms with van der Waals surface area (Å²) < 4.78 is 5.53. The molecular weight excluding hydrogens is 236 g/mol. The van der Waals surface area contributed by atoms with Gasteiger partial charge in [-0.2, -0.15) is 0 Å². The van der Waals surface area contributed by atoms with Crippen molar-refractivity contribution in [3.63, 3.8) is 0 Å². The second-order valence-corrected chi connectivity index (χ2v) is 5.51. The zero-order chi connectivity index (χ0) is 13.9. The summed E-state index contributed by atoms with van der Waals surface area (Å²) >= 11 is 0. The van der Waals surface area contributed by atoms with Crippen molar-refractivity contribution in [2.24, 2.45) is 0 Å². The van der Waals surface area contributed by atoms with Crippen molar-refractivity contribution >= 4 is 5.69 Å². The number of rotatable bonds is 4. The average molecular weight is 262 g/mol. The van der Waals surface area contributed by atoms with Crippen molar-refractivity contribution in [1.82, 2.24) is 5.32 Å². The van der Waals surface area contributed by atoms with Gasteiger partial charge < -0.3 is 15.0 Å². The number of nitrogens with one attached hydrogen (secondary N) is 1. The number of anilines is 1. The molecule has 0 aromatic heterocycles. The van der Waals surface area contributed by atoms with E-state index in [-0.39, 0.29) is 5.54 Å². The molecule has 3 heteroatoms. The van der Waals surface area contributed by atoms with Crippen LogP contribution in [-0.4, -0.2) is 32.3 Å². The van der Waals surface area contributed by atoms with Crippen molar-refractivity contribution in [2.75, 3.05) is 31.6 Å². The van der Waals surface area contributed by atoms with E-state index in [1.54, 1.807) is 7.11 Å². The van der Waals surface area contributed by atoms with Crippen LogP contribution < -0.4 is 15.0 Å². The molecule has 2 rings (SSSR count). The quantitative estimate of drug-likeness (QED) is 0.903. The summed E-state index contributed by atoms with van der Waals surface area (Å²) in [6, 6.07) is 6.42. The molecule has 3 nitrogen and oxygen atoms in total. The second kappa shape index (κ2) is 5.83. The molecule has 1 saturated heterocycles. The number of nitrogens with zero attached hydrogens (tertiary/aromatic N) is 1. The van der Waals surface area contributed by atoms with Gasteiger partial charge in [-0.3, -0.25) is 0 Å². The average Bonchev–Trinajstić information content (AvgIpc) is 2.47. The first-order chi connectivity index (χ1) is 9.14. The Labute approximate surface area is 116 Å². The maximum absolute atomic E-state index is 5.53. The number of piperazine rings is 1. The van der Waals surface area contributed by atoms with Crippen LogP contribution in [0.1, 0.15) is 32.3 Å². The standard InChI is InChI=1S/C16H26N2O/c1-5-16(6-2)12-18(10-9-17-16)14-11-13(3)7-8-15(14)19-4/h7-8,11,17H,5-6,9-10,12H2,1-4H3. The van der Waals surface area contributed by atoms with Gasteiger partial charge in [-0.1, -0.05) is 19.9 Å². The minimum Gasteiger partial charge on any atom is -0.495 e. The molecule has 0 spiro atoms. The molecule has 0 saturated carbocycles. The number of methoxy groups -OCH3 is 1. The zero-order valence-corrected chi connectivity index (χ0v) is 12.6. The van der Waals surface area contributed by atoms with Gasteiger partial charge in [0.25, 0.3) is 0 Å². The van der Waals surface area contributed by atoms with Gasteiger partial charge in [0.05, 0.1) is 12.8 Å². The molecule has 0 unspecified atom stereocenters. The number of hydrogen-bond acceptors (Lipinski definition) is 3. The molecule has 0 amide bonds. The number of hydrogen-bond donors (Lipinski definition) is 1. The van der Waals surface area contributed by atoms with Crippen LogP contribution in [0, 0.1) is 6.92 Å². The fraction of sp³-hybridized carbons (Fsp3) is 0.625. The van der Waals surface area contributed by atoms with Crippen molar-refractivity contribution in [1.29, 1.82) is 0 Å². The van der Waals surface area contributed by atoms with Gasteiger partial charge in [0.1, 0.15) is 5.75 Å². The van der Waals surface area contributed by atoms with Crippen molar-refractivity contribution in [3.8, 4) is 5.75 Å². The van der Waals surface area contributed by atoms with Crippen LogP contribution in [-0.2, 0) is 0 Å². The van der Waals surface area contributed by atoms with Crippen molar-refractivity contribution in [3.05, 3.63) is 23.8 Å². The van der Waals surface area contributed by atoms with Crippen LogP contribution in [0.2, 0.25) is 0 Å². The maximum atomic E-state index is 5.53.